The molecule has 0 aliphatic carbocycles. The number of benzene rings is 1. The Morgan fingerprint density at radius 2 is 1.79 bits per heavy atom. The van der Waals surface area contributed by atoms with E-state index in [1.807, 2.05) is 0 Å². The van der Waals surface area contributed by atoms with E-state index < -0.39 is 21.1 Å². The van der Waals surface area contributed by atoms with Crippen molar-refractivity contribution < 1.29 is 26.7 Å². The zero-order valence-corrected chi connectivity index (χ0v) is 19.2. The summed E-state index contributed by atoms with van der Waals surface area (Å²) in [6.07, 6.45) is 4.45. The molecule has 1 aromatic carbocycles. The van der Waals surface area contributed by atoms with Crippen LogP contribution in [0.4, 0.5) is 10.3 Å². The average molecular weight is 489 g/mol. The van der Waals surface area contributed by atoms with Crippen LogP contribution in [0.1, 0.15) is 12.7 Å². The van der Waals surface area contributed by atoms with Crippen molar-refractivity contribution in [1.82, 2.24) is 29.7 Å². The van der Waals surface area contributed by atoms with Gasteiger partial charge in [-0.25, -0.2) is 27.8 Å². The molecule has 0 saturated heterocycles. The van der Waals surface area contributed by atoms with Gasteiger partial charge in [0, 0.05) is 6.42 Å². The van der Waals surface area contributed by atoms with E-state index in [0.29, 0.717) is 22.9 Å². The number of nitrogens with zero attached hydrogens (tertiary/aromatic N) is 6. The number of halogens is 1. The molecule has 3 heterocycles. The summed E-state index contributed by atoms with van der Waals surface area (Å²) in [5, 5.41) is 7.16. The van der Waals surface area contributed by atoms with E-state index in [-0.39, 0.29) is 24.0 Å². The number of oxazole rings is 1. The van der Waals surface area contributed by atoms with Gasteiger partial charge in [-0.2, -0.15) is 0 Å². The molecule has 1 atom stereocenters. The number of nitrogens with one attached hydrogen (secondary N) is 1. The first kappa shape index (κ1) is 23.1. The number of hydrogen-bond donors (Lipinski definition) is 1. The highest BCUT2D eigenvalue weighted by Crippen LogP contribution is 2.37. The van der Waals surface area contributed by atoms with Crippen molar-refractivity contribution in [2.75, 3.05) is 18.9 Å². The van der Waals surface area contributed by atoms with Gasteiger partial charge in [-0.15, -0.1) is 10.2 Å². The van der Waals surface area contributed by atoms with Crippen LogP contribution < -0.4 is 14.2 Å². The fourth-order valence-corrected chi connectivity index (χ4v) is 4.10. The maximum atomic E-state index is 13.1. The van der Waals surface area contributed by atoms with Gasteiger partial charge >= 0.3 is 0 Å². The zero-order chi connectivity index (χ0) is 24.3. The summed E-state index contributed by atoms with van der Waals surface area (Å²) < 4.78 is 59.3. The van der Waals surface area contributed by atoms with Crippen LogP contribution in [0.5, 0.6) is 11.5 Å². The van der Waals surface area contributed by atoms with Gasteiger partial charge in [-0.3, -0.25) is 9.29 Å². The summed E-state index contributed by atoms with van der Waals surface area (Å²) in [6.45, 7) is 1.47. The highest BCUT2D eigenvalue weighted by atomic mass is 32.2. The highest BCUT2D eigenvalue weighted by Gasteiger charge is 2.29. The molecule has 0 saturated carbocycles. The third-order valence-corrected chi connectivity index (χ3v) is 6.55. The fraction of sp³-hybridized carbons (Fsp3) is 0.250. The minimum Gasteiger partial charge on any atom is -0.494 e. The van der Waals surface area contributed by atoms with Crippen LogP contribution in [-0.4, -0.2) is 57.6 Å². The first-order chi connectivity index (χ1) is 16.3. The maximum Gasteiger partial charge on any atom is 0.243 e. The van der Waals surface area contributed by atoms with Crippen LogP contribution in [0, 0.1) is 5.82 Å². The summed E-state index contributed by atoms with van der Waals surface area (Å²) in [4.78, 5) is 11.7. The van der Waals surface area contributed by atoms with Crippen molar-refractivity contribution in [3.05, 3.63) is 54.9 Å². The van der Waals surface area contributed by atoms with Gasteiger partial charge in [0.1, 0.15) is 35.0 Å². The molecule has 0 spiro atoms. The Kier molecular flexibility index (Phi) is 6.40. The Hall–Kier alpha value is -4.07. The summed E-state index contributed by atoms with van der Waals surface area (Å²) in [5.41, 5.74) is 0.654. The summed E-state index contributed by atoms with van der Waals surface area (Å²) in [7, 11) is -1.09. The smallest absolute Gasteiger partial charge is 0.243 e. The van der Waals surface area contributed by atoms with Crippen LogP contribution in [0.2, 0.25) is 0 Å². The molecule has 178 valence electrons. The lowest BCUT2D eigenvalue weighted by atomic mass is 10.2. The first-order valence-corrected chi connectivity index (χ1v) is 11.4. The molecule has 0 fully saturated rings. The van der Waals surface area contributed by atoms with Crippen molar-refractivity contribution in [2.45, 2.75) is 18.6 Å². The molecular formula is C20H20FN7O5S. The van der Waals surface area contributed by atoms with Gasteiger partial charge in [-0.05, 0) is 19.1 Å². The first-order valence-electron chi connectivity index (χ1n) is 9.87. The Bertz CT molecular complexity index is 1350. The van der Waals surface area contributed by atoms with E-state index in [9.17, 15) is 12.8 Å². The average Bonchev–Trinajstić information content (AvgIpc) is 3.49. The third kappa shape index (κ3) is 4.52. The van der Waals surface area contributed by atoms with E-state index >= 15 is 0 Å². The van der Waals surface area contributed by atoms with Crippen molar-refractivity contribution in [3.63, 3.8) is 0 Å². The van der Waals surface area contributed by atoms with Crippen molar-refractivity contribution in [2.24, 2.45) is 0 Å². The molecule has 0 radical (unpaired) electrons. The van der Waals surface area contributed by atoms with Gasteiger partial charge in [0.25, 0.3) is 0 Å². The number of rotatable bonds is 9. The normalized spacial score (nSPS) is 12.4. The second kappa shape index (κ2) is 9.43. The van der Waals surface area contributed by atoms with Gasteiger partial charge < -0.3 is 13.9 Å². The molecule has 4 rings (SSSR count). The topological polar surface area (TPSA) is 147 Å². The Labute approximate surface area is 193 Å². The third-order valence-electron chi connectivity index (χ3n) is 4.86. The van der Waals surface area contributed by atoms with E-state index in [4.69, 9.17) is 13.9 Å². The predicted molar refractivity (Wildman–Crippen MR) is 118 cm³/mol. The SMILES string of the molecule is COc1cccc(OC)c1-n1c(NS(=O)(=O)C(C)Cc2ncc(F)cn2)nnc1-c1cocn1. The number of methoxy groups -OCH3 is 2. The number of hydrogen-bond acceptors (Lipinski definition) is 10. The minimum atomic E-state index is -4.02. The predicted octanol–water partition coefficient (Wildman–Crippen LogP) is 2.24. The lowest BCUT2D eigenvalue weighted by molar-refractivity contribution is 0.391. The molecule has 0 aliphatic heterocycles. The Morgan fingerprint density at radius 1 is 1.12 bits per heavy atom. The maximum absolute atomic E-state index is 13.1. The van der Waals surface area contributed by atoms with Crippen LogP contribution >= 0.6 is 0 Å². The zero-order valence-electron chi connectivity index (χ0n) is 18.3. The van der Waals surface area contributed by atoms with Gasteiger partial charge in [0.05, 0.1) is 31.9 Å². The van der Waals surface area contributed by atoms with Crippen LogP contribution in [0.25, 0.3) is 17.2 Å². The lowest BCUT2D eigenvalue weighted by Gasteiger charge is -2.18. The highest BCUT2D eigenvalue weighted by molar-refractivity contribution is 7.93. The van der Waals surface area contributed by atoms with Crippen LogP contribution in [0.15, 0.2) is 47.7 Å². The number of para-hydroxylation sites is 1. The van der Waals surface area contributed by atoms with Crippen LogP contribution in [-0.2, 0) is 16.4 Å². The largest absolute Gasteiger partial charge is 0.494 e. The van der Waals surface area contributed by atoms with Gasteiger partial charge in [-0.1, -0.05) is 6.07 Å². The van der Waals surface area contributed by atoms with E-state index in [1.165, 1.54) is 38.4 Å². The van der Waals surface area contributed by atoms with Crippen molar-refractivity contribution >= 4 is 16.0 Å². The summed E-state index contributed by atoms with van der Waals surface area (Å²) >= 11 is 0. The van der Waals surface area contributed by atoms with E-state index in [2.05, 4.69) is 29.9 Å². The molecule has 4 aromatic rings. The van der Waals surface area contributed by atoms with E-state index in [1.54, 1.807) is 18.2 Å². The van der Waals surface area contributed by atoms with E-state index in [0.717, 1.165) is 12.4 Å². The van der Waals surface area contributed by atoms with Gasteiger partial charge in [0.2, 0.25) is 16.0 Å². The molecule has 0 bridgehead atoms. The molecule has 1 unspecified atom stereocenters. The molecule has 0 aliphatic rings. The Morgan fingerprint density at radius 3 is 2.38 bits per heavy atom. The fourth-order valence-electron chi connectivity index (χ4n) is 3.14. The van der Waals surface area contributed by atoms with Crippen molar-refractivity contribution in [1.29, 1.82) is 0 Å². The van der Waals surface area contributed by atoms with Gasteiger partial charge in [0.15, 0.2) is 18.0 Å². The number of sulfonamides is 1. The molecule has 0 amide bonds. The Balaban J connectivity index is 1.77. The minimum absolute atomic E-state index is 0.0577. The van der Waals surface area contributed by atoms with Crippen LogP contribution in [0.3, 0.4) is 0 Å². The number of ether oxygens (including phenoxy) is 2. The molecule has 3 aromatic heterocycles. The molecular weight excluding hydrogens is 469 g/mol. The number of aromatic nitrogens is 6. The quantitative estimate of drug-likeness (QED) is 0.371. The summed E-state index contributed by atoms with van der Waals surface area (Å²) in [5.74, 6) is 0.359. The second-order valence-corrected chi connectivity index (χ2v) is 9.15. The number of anilines is 1. The van der Waals surface area contributed by atoms with Crippen molar-refractivity contribution in [3.8, 4) is 28.7 Å². The standard InChI is InChI=1S/C20H20FN7O5S/c1-12(7-17-22-8-13(21)9-23-17)34(29,30)27-20-26-25-19(14-10-33-11-24-14)28(20)18-15(31-2)5-4-6-16(18)32-3/h4-6,8-12H,7H2,1-3H3,(H,26,27). The summed E-state index contributed by atoms with van der Waals surface area (Å²) in [6, 6.07) is 5.07. The molecule has 14 heteroatoms. The molecule has 34 heavy (non-hydrogen) atoms. The monoisotopic (exact) mass is 489 g/mol. The lowest BCUT2D eigenvalue weighted by Crippen LogP contribution is -2.29. The molecule has 1 N–H and O–H groups in total. The molecule has 12 nitrogen and oxygen atoms in total. The second-order valence-electron chi connectivity index (χ2n) is 7.05.